The molecular formula is C12H15Cl2FN2O2S. The summed E-state index contributed by atoms with van der Waals surface area (Å²) < 4.78 is 39.6. The monoisotopic (exact) mass is 340 g/mol. The Labute approximate surface area is 127 Å². The van der Waals surface area contributed by atoms with Gasteiger partial charge in [0.05, 0.1) is 10.0 Å². The molecule has 1 aromatic carbocycles. The van der Waals surface area contributed by atoms with Gasteiger partial charge in [0, 0.05) is 13.1 Å². The molecule has 0 bridgehead atoms. The Hall–Kier alpha value is -0.400. The standard InChI is InChI=1S/C12H15Cl2FN2O2S/c1-16-6-8-2-3-17(7-8)20(18,19)12-10(13)4-9(15)5-11(12)14/h4-5,8,16H,2-3,6-7H2,1H3. The normalized spacial score (nSPS) is 20.5. The van der Waals surface area contributed by atoms with Gasteiger partial charge in [-0.25, -0.2) is 12.8 Å². The van der Waals surface area contributed by atoms with Crippen molar-refractivity contribution in [2.75, 3.05) is 26.7 Å². The van der Waals surface area contributed by atoms with Crippen molar-refractivity contribution in [1.82, 2.24) is 9.62 Å². The Bertz CT molecular complexity index is 586. The fraction of sp³-hybridized carbons (Fsp3) is 0.500. The van der Waals surface area contributed by atoms with Crippen LogP contribution in [0, 0.1) is 11.7 Å². The molecule has 0 aromatic heterocycles. The summed E-state index contributed by atoms with van der Waals surface area (Å²) in [5, 5.41) is 2.65. The summed E-state index contributed by atoms with van der Waals surface area (Å²) in [4.78, 5) is -0.215. The molecule has 1 N–H and O–H groups in total. The zero-order chi connectivity index (χ0) is 14.9. The van der Waals surface area contributed by atoms with Gasteiger partial charge in [-0.3, -0.25) is 0 Å². The summed E-state index contributed by atoms with van der Waals surface area (Å²) in [6.45, 7) is 1.57. The highest BCUT2D eigenvalue weighted by Gasteiger charge is 2.35. The average molecular weight is 341 g/mol. The molecule has 0 amide bonds. The van der Waals surface area contributed by atoms with E-state index in [1.54, 1.807) is 0 Å². The van der Waals surface area contributed by atoms with Gasteiger partial charge in [0.25, 0.3) is 0 Å². The molecule has 0 spiro atoms. The Kier molecular flexibility index (Phi) is 4.92. The van der Waals surface area contributed by atoms with Crippen molar-refractivity contribution in [1.29, 1.82) is 0 Å². The third-order valence-corrected chi connectivity index (χ3v) is 6.09. The van der Waals surface area contributed by atoms with Crippen molar-refractivity contribution in [3.05, 3.63) is 28.0 Å². The van der Waals surface area contributed by atoms with E-state index in [4.69, 9.17) is 23.2 Å². The predicted molar refractivity (Wildman–Crippen MR) is 77.2 cm³/mol. The van der Waals surface area contributed by atoms with Gasteiger partial charge in [-0.1, -0.05) is 23.2 Å². The SMILES string of the molecule is CNCC1CCN(S(=O)(=O)c2c(Cl)cc(F)cc2Cl)C1. The van der Waals surface area contributed by atoms with Gasteiger partial charge in [-0.2, -0.15) is 4.31 Å². The zero-order valence-corrected chi connectivity index (χ0v) is 13.2. The van der Waals surface area contributed by atoms with Crippen molar-refractivity contribution in [3.63, 3.8) is 0 Å². The first-order valence-corrected chi connectivity index (χ1v) is 8.35. The highest BCUT2D eigenvalue weighted by Crippen LogP contribution is 2.34. The van der Waals surface area contributed by atoms with Crippen LogP contribution < -0.4 is 5.32 Å². The Balaban J connectivity index is 2.33. The second kappa shape index (κ2) is 6.15. The molecular weight excluding hydrogens is 326 g/mol. The zero-order valence-electron chi connectivity index (χ0n) is 10.9. The van der Waals surface area contributed by atoms with E-state index < -0.39 is 15.8 Å². The van der Waals surface area contributed by atoms with E-state index in [-0.39, 0.29) is 20.9 Å². The van der Waals surface area contributed by atoms with Gasteiger partial charge in [0.2, 0.25) is 10.0 Å². The number of benzene rings is 1. The minimum Gasteiger partial charge on any atom is -0.319 e. The molecule has 2 rings (SSSR count). The van der Waals surface area contributed by atoms with Crippen molar-refractivity contribution in [3.8, 4) is 0 Å². The number of sulfonamides is 1. The minimum atomic E-state index is -3.79. The molecule has 1 fully saturated rings. The van der Waals surface area contributed by atoms with Crippen molar-refractivity contribution in [2.24, 2.45) is 5.92 Å². The van der Waals surface area contributed by atoms with E-state index in [9.17, 15) is 12.8 Å². The Morgan fingerprint density at radius 3 is 2.55 bits per heavy atom. The molecule has 1 heterocycles. The molecule has 4 nitrogen and oxygen atoms in total. The molecule has 0 radical (unpaired) electrons. The lowest BCUT2D eigenvalue weighted by molar-refractivity contribution is 0.451. The number of nitrogens with zero attached hydrogens (tertiary/aromatic N) is 1. The first-order valence-electron chi connectivity index (χ1n) is 6.15. The Morgan fingerprint density at radius 1 is 1.40 bits per heavy atom. The summed E-state index contributed by atoms with van der Waals surface area (Å²) in [5.41, 5.74) is 0. The number of rotatable bonds is 4. The quantitative estimate of drug-likeness (QED) is 0.915. The summed E-state index contributed by atoms with van der Waals surface area (Å²) in [6, 6.07) is 1.92. The fourth-order valence-electron chi connectivity index (χ4n) is 2.38. The molecule has 1 aliphatic heterocycles. The largest absolute Gasteiger partial charge is 0.319 e. The topological polar surface area (TPSA) is 49.4 Å². The lowest BCUT2D eigenvalue weighted by Crippen LogP contribution is -2.31. The minimum absolute atomic E-state index is 0.188. The van der Waals surface area contributed by atoms with E-state index in [0.29, 0.717) is 13.1 Å². The van der Waals surface area contributed by atoms with E-state index in [1.165, 1.54) is 4.31 Å². The maximum absolute atomic E-state index is 13.2. The van der Waals surface area contributed by atoms with Gasteiger partial charge >= 0.3 is 0 Å². The molecule has 0 aliphatic carbocycles. The highest BCUT2D eigenvalue weighted by molar-refractivity contribution is 7.89. The molecule has 1 aliphatic rings. The lowest BCUT2D eigenvalue weighted by Gasteiger charge is -2.18. The van der Waals surface area contributed by atoms with Crippen LogP contribution in [0.2, 0.25) is 10.0 Å². The number of halogens is 3. The van der Waals surface area contributed by atoms with E-state index in [0.717, 1.165) is 25.1 Å². The van der Waals surface area contributed by atoms with Crippen LogP contribution in [0.5, 0.6) is 0 Å². The first-order chi connectivity index (χ1) is 9.36. The third kappa shape index (κ3) is 3.09. The number of hydrogen-bond donors (Lipinski definition) is 1. The van der Waals surface area contributed by atoms with Crippen LogP contribution >= 0.6 is 23.2 Å². The highest BCUT2D eigenvalue weighted by atomic mass is 35.5. The van der Waals surface area contributed by atoms with Crippen molar-refractivity contribution >= 4 is 33.2 Å². The summed E-state index contributed by atoms with van der Waals surface area (Å²) in [6.07, 6.45) is 0.774. The summed E-state index contributed by atoms with van der Waals surface area (Å²) in [5.74, 6) is -0.402. The van der Waals surface area contributed by atoms with E-state index in [1.807, 2.05) is 7.05 Å². The van der Waals surface area contributed by atoms with Crippen molar-refractivity contribution < 1.29 is 12.8 Å². The van der Waals surface area contributed by atoms with E-state index in [2.05, 4.69) is 5.32 Å². The second-order valence-corrected chi connectivity index (χ2v) is 7.46. The molecule has 1 saturated heterocycles. The molecule has 1 unspecified atom stereocenters. The van der Waals surface area contributed by atoms with Crippen LogP contribution in [0.3, 0.4) is 0 Å². The fourth-order valence-corrected chi connectivity index (χ4v) is 5.04. The van der Waals surface area contributed by atoms with Crippen LogP contribution in [-0.4, -0.2) is 39.4 Å². The summed E-state index contributed by atoms with van der Waals surface area (Å²) >= 11 is 11.7. The van der Waals surface area contributed by atoms with E-state index >= 15 is 0 Å². The number of nitrogens with one attached hydrogen (secondary N) is 1. The van der Waals surface area contributed by atoms with Crippen LogP contribution in [0.25, 0.3) is 0 Å². The Morgan fingerprint density at radius 2 is 2.00 bits per heavy atom. The molecule has 1 atom stereocenters. The van der Waals surface area contributed by atoms with Crippen molar-refractivity contribution in [2.45, 2.75) is 11.3 Å². The number of hydrogen-bond acceptors (Lipinski definition) is 3. The molecule has 8 heteroatoms. The first kappa shape index (κ1) is 16.0. The molecule has 1 aromatic rings. The molecule has 0 saturated carbocycles. The van der Waals surface area contributed by atoms with Crippen LogP contribution in [-0.2, 0) is 10.0 Å². The van der Waals surface area contributed by atoms with Gasteiger partial charge in [-0.15, -0.1) is 0 Å². The average Bonchev–Trinajstić information content (AvgIpc) is 2.76. The van der Waals surface area contributed by atoms with Crippen LogP contribution in [0.4, 0.5) is 4.39 Å². The van der Waals surface area contributed by atoms with Crippen LogP contribution in [0.1, 0.15) is 6.42 Å². The third-order valence-electron chi connectivity index (χ3n) is 3.30. The lowest BCUT2D eigenvalue weighted by atomic mass is 10.1. The second-order valence-electron chi connectivity index (χ2n) is 4.77. The van der Waals surface area contributed by atoms with Gasteiger partial charge in [-0.05, 0) is 38.1 Å². The molecule has 20 heavy (non-hydrogen) atoms. The maximum Gasteiger partial charge on any atom is 0.246 e. The van der Waals surface area contributed by atoms with Gasteiger partial charge < -0.3 is 5.32 Å². The molecule has 112 valence electrons. The smallest absolute Gasteiger partial charge is 0.246 e. The summed E-state index contributed by atoms with van der Waals surface area (Å²) in [7, 11) is -1.97. The van der Waals surface area contributed by atoms with Crippen LogP contribution in [0.15, 0.2) is 17.0 Å². The van der Waals surface area contributed by atoms with Gasteiger partial charge in [0.1, 0.15) is 10.7 Å². The van der Waals surface area contributed by atoms with Gasteiger partial charge in [0.15, 0.2) is 0 Å². The maximum atomic E-state index is 13.2. The predicted octanol–water partition coefficient (Wildman–Crippen LogP) is 2.36.